The van der Waals surface area contributed by atoms with Crippen molar-refractivity contribution in [2.75, 3.05) is 12.4 Å². The molecule has 7 heteroatoms. The second kappa shape index (κ2) is 7.98. The third kappa shape index (κ3) is 4.47. The molecule has 2 amide bonds. The lowest BCUT2D eigenvalue weighted by Crippen LogP contribution is -2.30. The summed E-state index contributed by atoms with van der Waals surface area (Å²) < 4.78 is 5.50. The minimum absolute atomic E-state index is 0.164. The van der Waals surface area contributed by atoms with Crippen LogP contribution in [0.2, 0.25) is 0 Å². The zero-order chi connectivity index (χ0) is 18.4. The number of rotatable bonds is 5. The fourth-order valence-corrected chi connectivity index (χ4v) is 2.24. The molecule has 0 bridgehead atoms. The highest BCUT2D eigenvalue weighted by Crippen LogP contribution is 2.21. The predicted octanol–water partition coefficient (Wildman–Crippen LogP) is 3.64. The van der Waals surface area contributed by atoms with Crippen molar-refractivity contribution in [2.24, 2.45) is 0 Å². The number of aromatic nitrogens is 2. The number of hydrogen-bond acceptors (Lipinski definition) is 5. The monoisotopic (exact) mass is 350 g/mol. The number of para-hydroxylation sites is 1. The Morgan fingerprint density at radius 2 is 1.77 bits per heavy atom. The molecule has 0 fully saturated rings. The molecule has 2 aromatic carbocycles. The summed E-state index contributed by atoms with van der Waals surface area (Å²) in [7, 11) is 1.66. The van der Waals surface area contributed by atoms with Gasteiger partial charge in [0.25, 0.3) is 0 Å². The van der Waals surface area contributed by atoms with Crippen molar-refractivity contribution in [2.45, 2.75) is 6.54 Å². The highest BCUT2D eigenvalue weighted by Gasteiger charge is 2.11. The SMILES string of the molecule is CN(Cc1ccccc1O)C(=O)Nc1ccc(Oc2ncccn2)cc1. The van der Waals surface area contributed by atoms with Gasteiger partial charge in [-0.15, -0.1) is 0 Å². The average Bonchev–Trinajstić information content (AvgIpc) is 2.66. The van der Waals surface area contributed by atoms with E-state index in [1.54, 1.807) is 68.0 Å². The predicted molar refractivity (Wildman–Crippen MR) is 97.1 cm³/mol. The van der Waals surface area contributed by atoms with Crippen molar-refractivity contribution in [3.8, 4) is 17.5 Å². The Bertz CT molecular complexity index is 869. The number of aromatic hydroxyl groups is 1. The van der Waals surface area contributed by atoms with Crippen molar-refractivity contribution < 1.29 is 14.6 Å². The van der Waals surface area contributed by atoms with Gasteiger partial charge in [0, 0.05) is 30.7 Å². The molecule has 7 nitrogen and oxygen atoms in total. The number of carbonyl (C=O) groups excluding carboxylic acids is 1. The van der Waals surface area contributed by atoms with Crippen LogP contribution in [0.1, 0.15) is 5.56 Å². The molecule has 2 N–H and O–H groups in total. The summed E-state index contributed by atoms with van der Waals surface area (Å²) in [6.45, 7) is 0.297. The van der Waals surface area contributed by atoms with E-state index in [-0.39, 0.29) is 17.8 Å². The molecule has 0 saturated heterocycles. The number of hydrogen-bond donors (Lipinski definition) is 2. The largest absolute Gasteiger partial charge is 0.508 e. The van der Waals surface area contributed by atoms with Crippen LogP contribution in [0.3, 0.4) is 0 Å². The Hall–Kier alpha value is -3.61. The summed E-state index contributed by atoms with van der Waals surface area (Å²) in [6, 6.07) is 15.5. The molecule has 0 spiro atoms. The van der Waals surface area contributed by atoms with Crippen LogP contribution in [0, 0.1) is 0 Å². The first kappa shape index (κ1) is 17.2. The summed E-state index contributed by atoms with van der Waals surface area (Å²) in [5.41, 5.74) is 1.30. The van der Waals surface area contributed by atoms with E-state index in [9.17, 15) is 9.90 Å². The summed E-state index contributed by atoms with van der Waals surface area (Å²) in [6.07, 6.45) is 3.19. The molecule has 0 aliphatic rings. The van der Waals surface area contributed by atoms with Crippen molar-refractivity contribution in [3.63, 3.8) is 0 Å². The molecular formula is C19H18N4O3. The Morgan fingerprint density at radius 1 is 1.08 bits per heavy atom. The second-order valence-corrected chi connectivity index (χ2v) is 5.57. The standard InChI is InChI=1S/C19H18N4O3/c1-23(13-14-5-2-3-6-17(14)24)19(25)22-15-7-9-16(10-8-15)26-18-20-11-4-12-21-18/h2-12,24H,13H2,1H3,(H,22,25). The molecule has 0 aliphatic carbocycles. The van der Waals surface area contributed by atoms with E-state index in [1.807, 2.05) is 6.07 Å². The Morgan fingerprint density at radius 3 is 2.46 bits per heavy atom. The number of nitrogens with one attached hydrogen (secondary N) is 1. The molecule has 3 rings (SSSR count). The summed E-state index contributed by atoms with van der Waals surface area (Å²) in [5, 5.41) is 12.6. The first-order chi connectivity index (χ1) is 12.6. The maximum atomic E-state index is 12.3. The fraction of sp³-hybridized carbons (Fsp3) is 0.105. The zero-order valence-corrected chi connectivity index (χ0v) is 14.2. The molecule has 132 valence electrons. The van der Waals surface area contributed by atoms with Crippen LogP contribution in [-0.2, 0) is 6.54 Å². The highest BCUT2D eigenvalue weighted by molar-refractivity contribution is 5.89. The number of anilines is 1. The molecule has 0 atom stereocenters. The van der Waals surface area contributed by atoms with Gasteiger partial charge in [0.2, 0.25) is 0 Å². The van der Waals surface area contributed by atoms with Gasteiger partial charge in [-0.25, -0.2) is 14.8 Å². The van der Waals surface area contributed by atoms with Gasteiger partial charge in [0.15, 0.2) is 0 Å². The lowest BCUT2D eigenvalue weighted by molar-refractivity contribution is 0.220. The molecule has 3 aromatic rings. The fourth-order valence-electron chi connectivity index (χ4n) is 2.24. The molecule has 0 saturated carbocycles. The van der Waals surface area contributed by atoms with E-state index in [4.69, 9.17) is 4.74 Å². The quantitative estimate of drug-likeness (QED) is 0.733. The first-order valence-corrected chi connectivity index (χ1v) is 7.96. The normalized spacial score (nSPS) is 10.2. The van der Waals surface area contributed by atoms with Gasteiger partial charge in [-0.1, -0.05) is 18.2 Å². The minimum atomic E-state index is -0.284. The van der Waals surface area contributed by atoms with Crippen LogP contribution in [0.25, 0.3) is 0 Å². The van der Waals surface area contributed by atoms with Crippen LogP contribution in [0.15, 0.2) is 67.0 Å². The zero-order valence-electron chi connectivity index (χ0n) is 14.2. The number of nitrogens with zero attached hydrogens (tertiary/aromatic N) is 3. The van der Waals surface area contributed by atoms with Crippen molar-refractivity contribution in [1.29, 1.82) is 0 Å². The molecule has 1 heterocycles. The third-order valence-electron chi connectivity index (χ3n) is 3.60. The second-order valence-electron chi connectivity index (χ2n) is 5.57. The number of phenolic OH excluding ortho intramolecular Hbond substituents is 1. The van der Waals surface area contributed by atoms with Crippen LogP contribution in [0.5, 0.6) is 17.5 Å². The number of amides is 2. The molecule has 26 heavy (non-hydrogen) atoms. The molecule has 0 radical (unpaired) electrons. The Labute approximate surface area is 150 Å². The molecule has 1 aromatic heterocycles. The molecule has 0 aliphatic heterocycles. The van der Waals surface area contributed by atoms with E-state index < -0.39 is 0 Å². The van der Waals surface area contributed by atoms with Gasteiger partial charge in [-0.05, 0) is 36.4 Å². The maximum absolute atomic E-state index is 12.3. The number of urea groups is 1. The lowest BCUT2D eigenvalue weighted by Gasteiger charge is -2.18. The van der Waals surface area contributed by atoms with Gasteiger partial charge in [0.1, 0.15) is 11.5 Å². The van der Waals surface area contributed by atoms with Gasteiger partial charge < -0.3 is 20.1 Å². The number of benzene rings is 2. The van der Waals surface area contributed by atoms with Gasteiger partial charge in [0.05, 0.1) is 6.54 Å². The van der Waals surface area contributed by atoms with Gasteiger partial charge in [-0.3, -0.25) is 0 Å². The van der Waals surface area contributed by atoms with Crippen LogP contribution in [-0.4, -0.2) is 33.1 Å². The van der Waals surface area contributed by atoms with E-state index in [2.05, 4.69) is 15.3 Å². The Kier molecular flexibility index (Phi) is 5.28. The smallest absolute Gasteiger partial charge is 0.321 e. The number of carbonyl (C=O) groups is 1. The van der Waals surface area contributed by atoms with Crippen LogP contribution >= 0.6 is 0 Å². The van der Waals surface area contributed by atoms with E-state index in [1.165, 1.54) is 4.90 Å². The van der Waals surface area contributed by atoms with Crippen molar-refractivity contribution in [3.05, 3.63) is 72.6 Å². The van der Waals surface area contributed by atoms with E-state index in [0.29, 0.717) is 23.5 Å². The van der Waals surface area contributed by atoms with E-state index in [0.717, 1.165) is 0 Å². The molecular weight excluding hydrogens is 332 g/mol. The maximum Gasteiger partial charge on any atom is 0.321 e. The van der Waals surface area contributed by atoms with E-state index >= 15 is 0 Å². The number of ether oxygens (including phenoxy) is 1. The third-order valence-corrected chi connectivity index (χ3v) is 3.60. The number of phenols is 1. The first-order valence-electron chi connectivity index (χ1n) is 7.96. The van der Waals surface area contributed by atoms with Crippen LogP contribution in [0.4, 0.5) is 10.5 Å². The van der Waals surface area contributed by atoms with Gasteiger partial charge >= 0.3 is 12.0 Å². The average molecular weight is 350 g/mol. The summed E-state index contributed by atoms with van der Waals surface area (Å²) in [5.74, 6) is 0.730. The minimum Gasteiger partial charge on any atom is -0.508 e. The summed E-state index contributed by atoms with van der Waals surface area (Å²) in [4.78, 5) is 21.7. The highest BCUT2D eigenvalue weighted by atomic mass is 16.5. The lowest BCUT2D eigenvalue weighted by atomic mass is 10.2. The van der Waals surface area contributed by atoms with Crippen LogP contribution < -0.4 is 10.1 Å². The molecule has 0 unspecified atom stereocenters. The Balaban J connectivity index is 1.58. The van der Waals surface area contributed by atoms with Crippen molar-refractivity contribution >= 4 is 11.7 Å². The topological polar surface area (TPSA) is 87.6 Å². The summed E-state index contributed by atoms with van der Waals surface area (Å²) >= 11 is 0. The van der Waals surface area contributed by atoms with Crippen molar-refractivity contribution in [1.82, 2.24) is 14.9 Å². The van der Waals surface area contributed by atoms with Gasteiger partial charge in [-0.2, -0.15) is 0 Å².